The number of ether oxygens (including phenoxy) is 2. The lowest BCUT2D eigenvalue weighted by Gasteiger charge is -2.04. The van der Waals surface area contributed by atoms with E-state index < -0.39 is 5.91 Å². The van der Waals surface area contributed by atoms with Crippen LogP contribution >= 0.6 is 0 Å². The molecule has 0 bridgehead atoms. The summed E-state index contributed by atoms with van der Waals surface area (Å²) < 4.78 is 15.9. The number of benzene rings is 2. The number of aromatic nitrogens is 1. The number of hydrogen-bond acceptors (Lipinski definition) is 5. The first kappa shape index (κ1) is 15.6. The van der Waals surface area contributed by atoms with Crippen LogP contribution in [0.5, 0.6) is 11.5 Å². The van der Waals surface area contributed by atoms with E-state index in [0.717, 1.165) is 22.6 Å². The van der Waals surface area contributed by atoms with Crippen LogP contribution in [0.15, 0.2) is 52.9 Å². The fourth-order valence-corrected chi connectivity index (χ4v) is 2.31. The molecule has 1 aromatic heterocycles. The van der Waals surface area contributed by atoms with Gasteiger partial charge in [-0.3, -0.25) is 4.79 Å². The number of rotatable bonds is 5. The average Bonchev–Trinajstić information content (AvgIpc) is 3.07. The van der Waals surface area contributed by atoms with Crippen molar-refractivity contribution in [2.24, 2.45) is 5.73 Å². The number of carbonyl (C=O) groups is 1. The second-order valence-corrected chi connectivity index (χ2v) is 5.02. The molecule has 0 saturated carbocycles. The van der Waals surface area contributed by atoms with Gasteiger partial charge in [0.05, 0.1) is 14.2 Å². The van der Waals surface area contributed by atoms with Crippen LogP contribution in [0.25, 0.3) is 22.6 Å². The van der Waals surface area contributed by atoms with Crippen molar-refractivity contribution in [3.8, 4) is 34.1 Å². The highest BCUT2D eigenvalue weighted by Crippen LogP contribution is 2.34. The van der Waals surface area contributed by atoms with E-state index in [4.69, 9.17) is 19.6 Å². The van der Waals surface area contributed by atoms with E-state index in [0.29, 0.717) is 11.5 Å². The normalized spacial score (nSPS) is 10.4. The van der Waals surface area contributed by atoms with Crippen molar-refractivity contribution in [3.05, 3.63) is 54.4 Å². The Kier molecular flexibility index (Phi) is 4.20. The molecule has 24 heavy (non-hydrogen) atoms. The summed E-state index contributed by atoms with van der Waals surface area (Å²) in [5.74, 6) is 1.07. The maximum Gasteiger partial charge on any atom is 0.304 e. The van der Waals surface area contributed by atoms with Crippen molar-refractivity contribution < 1.29 is 18.7 Å². The predicted molar refractivity (Wildman–Crippen MR) is 89.0 cm³/mol. The number of carbonyl (C=O) groups excluding carboxylic acids is 1. The SMILES string of the molecule is COc1ccc(-c2nc(C(N)=O)oc2-c2ccc(OC)cc2)cc1. The maximum absolute atomic E-state index is 11.5. The summed E-state index contributed by atoms with van der Waals surface area (Å²) >= 11 is 0. The zero-order valence-corrected chi connectivity index (χ0v) is 13.3. The van der Waals surface area contributed by atoms with Gasteiger partial charge in [0, 0.05) is 11.1 Å². The van der Waals surface area contributed by atoms with E-state index in [1.165, 1.54) is 0 Å². The molecule has 6 heteroatoms. The maximum atomic E-state index is 11.5. The minimum Gasteiger partial charge on any atom is -0.497 e. The third-order valence-electron chi connectivity index (χ3n) is 3.55. The van der Waals surface area contributed by atoms with Gasteiger partial charge in [0.1, 0.15) is 17.2 Å². The van der Waals surface area contributed by atoms with Crippen molar-refractivity contribution in [1.82, 2.24) is 4.98 Å². The second kappa shape index (κ2) is 6.45. The van der Waals surface area contributed by atoms with E-state index in [1.54, 1.807) is 26.4 Å². The molecule has 0 radical (unpaired) electrons. The van der Waals surface area contributed by atoms with Crippen molar-refractivity contribution in [1.29, 1.82) is 0 Å². The highest BCUT2D eigenvalue weighted by molar-refractivity contribution is 5.90. The molecule has 0 aliphatic rings. The number of amides is 1. The molecule has 6 nitrogen and oxygen atoms in total. The minimum atomic E-state index is -0.718. The Labute approximate surface area is 138 Å². The summed E-state index contributed by atoms with van der Waals surface area (Å²) in [6.45, 7) is 0. The van der Waals surface area contributed by atoms with E-state index in [2.05, 4.69) is 4.98 Å². The lowest BCUT2D eigenvalue weighted by Crippen LogP contribution is -2.10. The van der Waals surface area contributed by atoms with E-state index in [9.17, 15) is 4.79 Å². The number of primary amides is 1. The van der Waals surface area contributed by atoms with Gasteiger partial charge < -0.3 is 19.6 Å². The molecular weight excluding hydrogens is 308 g/mol. The van der Waals surface area contributed by atoms with E-state index >= 15 is 0 Å². The Balaban J connectivity index is 2.10. The van der Waals surface area contributed by atoms with Gasteiger partial charge >= 0.3 is 5.91 Å². The lowest BCUT2D eigenvalue weighted by molar-refractivity contribution is 0.0968. The van der Waals surface area contributed by atoms with Gasteiger partial charge in [-0.2, -0.15) is 0 Å². The molecule has 0 aliphatic carbocycles. The molecule has 2 N–H and O–H groups in total. The molecule has 2 aromatic carbocycles. The molecular formula is C18H16N2O4. The van der Waals surface area contributed by atoms with Crippen LogP contribution in [0.4, 0.5) is 0 Å². The Bertz CT molecular complexity index is 787. The summed E-state index contributed by atoms with van der Waals surface area (Å²) in [5.41, 5.74) is 7.40. The molecule has 0 atom stereocenters. The van der Waals surface area contributed by atoms with Crippen LogP contribution < -0.4 is 15.2 Å². The van der Waals surface area contributed by atoms with Crippen LogP contribution in [0, 0.1) is 0 Å². The van der Waals surface area contributed by atoms with Crippen molar-refractivity contribution in [2.75, 3.05) is 14.2 Å². The van der Waals surface area contributed by atoms with E-state index in [-0.39, 0.29) is 5.89 Å². The molecule has 3 rings (SSSR count). The Hall–Kier alpha value is -3.28. The Morgan fingerprint density at radius 1 is 0.917 bits per heavy atom. The first-order valence-electron chi connectivity index (χ1n) is 7.22. The summed E-state index contributed by atoms with van der Waals surface area (Å²) in [5, 5.41) is 0. The summed E-state index contributed by atoms with van der Waals surface area (Å²) in [6, 6.07) is 14.6. The average molecular weight is 324 g/mol. The smallest absolute Gasteiger partial charge is 0.304 e. The number of oxazole rings is 1. The van der Waals surface area contributed by atoms with Crippen LogP contribution in [-0.4, -0.2) is 25.1 Å². The molecule has 0 spiro atoms. The number of nitrogens with zero attached hydrogens (tertiary/aromatic N) is 1. The zero-order valence-electron chi connectivity index (χ0n) is 13.3. The standard InChI is InChI=1S/C18H16N2O4/c1-22-13-7-3-11(4-8-13)15-16(24-18(20-15)17(19)21)12-5-9-14(23-2)10-6-12/h3-10H,1-2H3,(H2,19,21). The van der Waals surface area contributed by atoms with Gasteiger partial charge in [-0.05, 0) is 48.5 Å². The van der Waals surface area contributed by atoms with Gasteiger partial charge in [0.2, 0.25) is 0 Å². The van der Waals surface area contributed by atoms with Gasteiger partial charge in [0.25, 0.3) is 5.89 Å². The summed E-state index contributed by atoms with van der Waals surface area (Å²) in [6.07, 6.45) is 0. The van der Waals surface area contributed by atoms with Gasteiger partial charge in [-0.15, -0.1) is 0 Å². The third kappa shape index (κ3) is 2.94. The topological polar surface area (TPSA) is 87.6 Å². The number of hydrogen-bond donors (Lipinski definition) is 1. The van der Waals surface area contributed by atoms with Gasteiger partial charge in [-0.1, -0.05) is 0 Å². The van der Waals surface area contributed by atoms with Crippen LogP contribution in [0.1, 0.15) is 10.7 Å². The molecule has 1 amide bonds. The third-order valence-corrected chi connectivity index (χ3v) is 3.55. The molecule has 0 saturated heterocycles. The highest BCUT2D eigenvalue weighted by Gasteiger charge is 2.19. The first-order chi connectivity index (χ1) is 11.6. The molecule has 3 aromatic rings. The largest absolute Gasteiger partial charge is 0.497 e. The molecule has 1 heterocycles. The molecule has 122 valence electrons. The predicted octanol–water partition coefficient (Wildman–Crippen LogP) is 3.12. The number of methoxy groups -OCH3 is 2. The Morgan fingerprint density at radius 2 is 1.42 bits per heavy atom. The van der Waals surface area contributed by atoms with Crippen LogP contribution in [-0.2, 0) is 0 Å². The molecule has 0 fully saturated rings. The summed E-state index contributed by atoms with van der Waals surface area (Å²) in [7, 11) is 3.19. The molecule has 0 aliphatic heterocycles. The fraction of sp³-hybridized carbons (Fsp3) is 0.111. The quantitative estimate of drug-likeness (QED) is 0.779. The first-order valence-corrected chi connectivity index (χ1v) is 7.22. The fourth-order valence-electron chi connectivity index (χ4n) is 2.31. The van der Waals surface area contributed by atoms with Crippen LogP contribution in [0.2, 0.25) is 0 Å². The molecule has 0 unspecified atom stereocenters. The van der Waals surface area contributed by atoms with Crippen molar-refractivity contribution >= 4 is 5.91 Å². The van der Waals surface area contributed by atoms with Gasteiger partial charge in [-0.25, -0.2) is 4.98 Å². The minimum absolute atomic E-state index is 0.133. The summed E-state index contributed by atoms with van der Waals surface area (Å²) in [4.78, 5) is 15.7. The second-order valence-electron chi connectivity index (χ2n) is 5.02. The van der Waals surface area contributed by atoms with Crippen molar-refractivity contribution in [3.63, 3.8) is 0 Å². The number of nitrogens with two attached hydrogens (primary N) is 1. The zero-order chi connectivity index (χ0) is 17.1. The van der Waals surface area contributed by atoms with E-state index in [1.807, 2.05) is 36.4 Å². The van der Waals surface area contributed by atoms with Gasteiger partial charge in [0.15, 0.2) is 5.76 Å². The van der Waals surface area contributed by atoms with Crippen molar-refractivity contribution in [2.45, 2.75) is 0 Å². The Morgan fingerprint density at radius 3 is 1.88 bits per heavy atom. The monoisotopic (exact) mass is 324 g/mol. The lowest BCUT2D eigenvalue weighted by atomic mass is 10.1. The highest BCUT2D eigenvalue weighted by atomic mass is 16.5. The van der Waals surface area contributed by atoms with Crippen LogP contribution in [0.3, 0.4) is 0 Å².